The van der Waals surface area contributed by atoms with Gasteiger partial charge in [0, 0.05) is 88.1 Å². The van der Waals surface area contributed by atoms with Gasteiger partial charge in [-0.05, 0) is 72.8 Å². The molecule has 1 aliphatic carbocycles. The summed E-state index contributed by atoms with van der Waals surface area (Å²) in [6.07, 6.45) is 3.73. The lowest BCUT2D eigenvalue weighted by Crippen LogP contribution is -2.50. The van der Waals surface area contributed by atoms with Crippen molar-refractivity contribution in [2.45, 2.75) is 129 Å². The van der Waals surface area contributed by atoms with Crippen LogP contribution in [0.2, 0.25) is 5.02 Å². The van der Waals surface area contributed by atoms with Gasteiger partial charge in [-0.25, -0.2) is 15.0 Å². The molecule has 2 fully saturated rings. The van der Waals surface area contributed by atoms with Crippen LogP contribution in [-0.4, -0.2) is 122 Å². The molecular formula is C53H68ClN7O8S. The van der Waals surface area contributed by atoms with Crippen molar-refractivity contribution in [3.05, 3.63) is 93.5 Å². The van der Waals surface area contributed by atoms with Gasteiger partial charge in [0.15, 0.2) is 5.78 Å². The number of aliphatic hydroxyl groups excluding tert-OH is 2. The molecule has 2 aromatic heterocycles. The number of aromatic nitrogens is 3. The first-order chi connectivity index (χ1) is 33.5. The summed E-state index contributed by atoms with van der Waals surface area (Å²) in [4.78, 5) is 87.7. The fourth-order valence-corrected chi connectivity index (χ4v) is 10.9. The number of thiazole rings is 1. The van der Waals surface area contributed by atoms with Crippen molar-refractivity contribution in [3.63, 3.8) is 0 Å². The van der Waals surface area contributed by atoms with Crippen LogP contribution < -0.4 is 10.2 Å². The number of halogens is 1. The van der Waals surface area contributed by atoms with E-state index in [1.807, 2.05) is 74.5 Å². The van der Waals surface area contributed by atoms with Gasteiger partial charge in [0.1, 0.15) is 30.6 Å². The number of ketones is 2. The second-order valence-corrected chi connectivity index (χ2v) is 21.5. The number of hydrogen-bond donors (Lipinski definition) is 3. The fourth-order valence-electron chi connectivity index (χ4n) is 10.0. The Kier molecular flexibility index (Phi) is 18.0. The summed E-state index contributed by atoms with van der Waals surface area (Å²) in [5.41, 5.74) is 6.69. The van der Waals surface area contributed by atoms with E-state index in [-0.39, 0.29) is 80.3 Å². The molecule has 17 heteroatoms. The van der Waals surface area contributed by atoms with Crippen LogP contribution >= 0.6 is 22.9 Å². The molecule has 4 heterocycles. The number of hydrogen-bond acceptors (Lipinski definition) is 13. The average Bonchev–Trinajstić information content (AvgIpc) is 4.04. The van der Waals surface area contributed by atoms with Gasteiger partial charge in [0.25, 0.3) is 0 Å². The zero-order valence-corrected chi connectivity index (χ0v) is 42.6. The van der Waals surface area contributed by atoms with Crippen LogP contribution in [0.1, 0.15) is 132 Å². The Morgan fingerprint density at radius 1 is 0.886 bits per heavy atom. The molecule has 3 aliphatic rings. The molecule has 0 bridgehead atoms. The normalized spacial score (nSPS) is 20.0. The molecule has 2 aliphatic heterocycles. The third kappa shape index (κ3) is 13.2. The van der Waals surface area contributed by atoms with Crippen LogP contribution in [0.5, 0.6) is 0 Å². The predicted octanol–water partition coefficient (Wildman–Crippen LogP) is 7.36. The first-order valence-electron chi connectivity index (χ1n) is 24.7. The van der Waals surface area contributed by atoms with Crippen molar-refractivity contribution in [2.75, 3.05) is 50.8 Å². The highest BCUT2D eigenvalue weighted by atomic mass is 35.5. The van der Waals surface area contributed by atoms with E-state index in [4.69, 9.17) is 16.3 Å². The maximum absolute atomic E-state index is 14.1. The number of carbonyl (C=O) groups excluding carboxylic acids is 5. The summed E-state index contributed by atoms with van der Waals surface area (Å²) in [7, 11) is 0. The van der Waals surface area contributed by atoms with Gasteiger partial charge in [-0.15, -0.1) is 11.3 Å². The van der Waals surface area contributed by atoms with Crippen LogP contribution in [0.15, 0.2) is 60.4 Å². The molecule has 2 aromatic carbocycles. The number of unbranched alkanes of at least 4 members (excludes halogenated alkanes) is 1. The van der Waals surface area contributed by atoms with E-state index in [2.05, 4.69) is 32.1 Å². The standard InChI is InChI=1S/C53H68ClN7O8S/c1-33-25-45(65)47-46(33)49(57-31-56-47)59-20-22-60(23-21-59)51(67)42(36-16-18-38(54)19-17-36)11-7-6-9-39(62)10-8-24-69-30-41(64)26-43(53(3,4)5)52(68)61-29-40(63)27-44(61)50(66)55-28-35-12-14-37(15-13-35)48-34(2)58-32-70-48/h12-19,31-33,40,42-45,63,65H,6-11,20-30H2,1-5H3,(H,55,66)/t33-,40-,42-,43-,44+,45-/m1/s1. The number of nitrogens with zero attached hydrogens (tertiary/aromatic N) is 6. The van der Waals surface area contributed by atoms with Crippen molar-refractivity contribution in [1.82, 2.24) is 30.1 Å². The number of ether oxygens (including phenoxy) is 1. The number of benzene rings is 2. The number of piperazine rings is 1. The Hall–Kier alpha value is -5.13. The molecule has 0 unspecified atom stereocenters. The molecule has 3 N–H and O–H groups in total. The number of rotatable bonds is 21. The zero-order chi connectivity index (χ0) is 50.1. The number of β-amino-alcohol motifs (C(OH)–C–C–N with tert-alkyl or cyclic N) is 1. The highest BCUT2D eigenvalue weighted by molar-refractivity contribution is 7.13. The van der Waals surface area contributed by atoms with Crippen molar-refractivity contribution >= 4 is 58.0 Å². The molecule has 0 saturated carbocycles. The number of aliphatic hydroxyl groups is 2. The van der Waals surface area contributed by atoms with Gasteiger partial charge in [-0.2, -0.15) is 0 Å². The second-order valence-electron chi connectivity index (χ2n) is 20.2. The Morgan fingerprint density at radius 2 is 1.60 bits per heavy atom. The van der Waals surface area contributed by atoms with E-state index in [1.54, 1.807) is 23.5 Å². The SMILES string of the molecule is Cc1ncsc1-c1ccc(CNC(=O)[C@@H]2C[C@@H](O)CN2C(=O)[C@@H](CC(=O)COCCCC(=O)CCCC[C@@H](C(=O)N2CCN(c3ncnc4c3[C@H](C)C[C@H]4O)CC2)c2ccc(Cl)cc2)C(C)(C)C)cc1. The Labute approximate surface area is 420 Å². The van der Waals surface area contributed by atoms with E-state index in [0.29, 0.717) is 81.8 Å². The van der Waals surface area contributed by atoms with Crippen molar-refractivity contribution in [1.29, 1.82) is 0 Å². The zero-order valence-electron chi connectivity index (χ0n) is 41.1. The van der Waals surface area contributed by atoms with Crippen LogP contribution in [0, 0.1) is 18.3 Å². The number of nitrogens with one attached hydrogen (secondary N) is 1. The third-order valence-corrected chi connectivity index (χ3v) is 15.2. The van der Waals surface area contributed by atoms with Crippen LogP contribution in [0.25, 0.3) is 10.4 Å². The Bertz CT molecular complexity index is 2450. The molecule has 70 heavy (non-hydrogen) atoms. The monoisotopic (exact) mass is 997 g/mol. The number of likely N-dealkylation sites (tertiary alicyclic amines) is 1. The number of aryl methyl sites for hydroxylation is 1. The summed E-state index contributed by atoms with van der Waals surface area (Å²) < 4.78 is 5.70. The Balaban J connectivity index is 0.819. The van der Waals surface area contributed by atoms with E-state index in [0.717, 1.165) is 38.6 Å². The lowest BCUT2D eigenvalue weighted by atomic mass is 9.77. The molecular weight excluding hydrogens is 930 g/mol. The van der Waals surface area contributed by atoms with Gasteiger partial charge < -0.3 is 35.0 Å². The highest BCUT2D eigenvalue weighted by Gasteiger charge is 2.44. The van der Waals surface area contributed by atoms with E-state index < -0.39 is 29.6 Å². The summed E-state index contributed by atoms with van der Waals surface area (Å²) in [6.45, 7) is 12.3. The fraction of sp³-hybridized carbons (Fsp3) is 0.547. The quantitative estimate of drug-likeness (QED) is 0.0703. The summed E-state index contributed by atoms with van der Waals surface area (Å²) in [5, 5.41) is 24.6. The van der Waals surface area contributed by atoms with Gasteiger partial charge in [-0.3, -0.25) is 24.0 Å². The maximum Gasteiger partial charge on any atom is 0.243 e. The minimum atomic E-state index is -0.867. The van der Waals surface area contributed by atoms with Gasteiger partial charge in [0.05, 0.1) is 39.9 Å². The van der Waals surface area contributed by atoms with Crippen LogP contribution in [-0.2, 0) is 35.3 Å². The maximum atomic E-state index is 14.1. The lowest BCUT2D eigenvalue weighted by Gasteiger charge is -2.38. The smallest absolute Gasteiger partial charge is 0.243 e. The molecule has 0 radical (unpaired) electrons. The average molecular weight is 999 g/mol. The van der Waals surface area contributed by atoms with Gasteiger partial charge in [-0.1, -0.05) is 82.1 Å². The van der Waals surface area contributed by atoms with Crippen molar-refractivity contribution in [2.24, 2.45) is 11.3 Å². The van der Waals surface area contributed by atoms with E-state index in [1.165, 1.54) is 11.2 Å². The van der Waals surface area contributed by atoms with Crippen LogP contribution in [0.3, 0.4) is 0 Å². The van der Waals surface area contributed by atoms with E-state index in [9.17, 15) is 34.2 Å². The molecule has 7 rings (SSSR count). The van der Waals surface area contributed by atoms with E-state index >= 15 is 0 Å². The minimum absolute atomic E-state index is 0.00470. The molecule has 6 atom stereocenters. The predicted molar refractivity (Wildman–Crippen MR) is 269 cm³/mol. The number of fused-ring (bicyclic) bond motifs is 1. The number of Topliss-reactive ketones (excluding diaryl/α,β-unsaturated/α-hetero) is 2. The molecule has 4 aromatic rings. The first kappa shape index (κ1) is 52.7. The molecule has 0 spiro atoms. The molecule has 2 saturated heterocycles. The van der Waals surface area contributed by atoms with Crippen molar-refractivity contribution < 1.29 is 38.9 Å². The number of amides is 3. The number of anilines is 1. The van der Waals surface area contributed by atoms with Crippen LogP contribution in [0.4, 0.5) is 5.82 Å². The molecule has 3 amide bonds. The largest absolute Gasteiger partial charge is 0.391 e. The summed E-state index contributed by atoms with van der Waals surface area (Å²) >= 11 is 7.79. The Morgan fingerprint density at radius 3 is 2.29 bits per heavy atom. The number of carbonyl (C=O) groups is 5. The summed E-state index contributed by atoms with van der Waals surface area (Å²) in [5.74, 6) is -0.958. The second kappa shape index (κ2) is 23.9. The summed E-state index contributed by atoms with van der Waals surface area (Å²) in [6, 6.07) is 14.4. The lowest BCUT2D eigenvalue weighted by molar-refractivity contribution is -0.146. The van der Waals surface area contributed by atoms with Crippen molar-refractivity contribution in [3.8, 4) is 10.4 Å². The molecule has 376 valence electrons. The van der Waals surface area contributed by atoms with Gasteiger partial charge >= 0.3 is 0 Å². The first-order valence-corrected chi connectivity index (χ1v) is 25.9. The third-order valence-electron chi connectivity index (χ3n) is 14.0. The van der Waals surface area contributed by atoms with Gasteiger partial charge in [0.2, 0.25) is 17.7 Å². The topological polar surface area (TPSA) is 195 Å². The minimum Gasteiger partial charge on any atom is -0.391 e. The molecule has 15 nitrogen and oxygen atoms in total. The highest BCUT2D eigenvalue weighted by Crippen LogP contribution is 2.43.